The number of nitrogens with zero attached hydrogens (tertiary/aromatic N) is 7. The van der Waals surface area contributed by atoms with Crippen LogP contribution in [0.3, 0.4) is 0 Å². The molecule has 0 aliphatic heterocycles. The summed E-state index contributed by atoms with van der Waals surface area (Å²) in [6.07, 6.45) is 8.45. The van der Waals surface area contributed by atoms with E-state index in [1.54, 1.807) is 15.6 Å². The van der Waals surface area contributed by atoms with Gasteiger partial charge in [0.15, 0.2) is 11.4 Å². The topological polar surface area (TPSA) is 164 Å². The normalized spacial score (nSPS) is 11.5. The van der Waals surface area contributed by atoms with Gasteiger partial charge in [-0.1, -0.05) is 38.7 Å². The minimum Gasteiger partial charge on any atom is -0.464 e. The van der Waals surface area contributed by atoms with Crippen molar-refractivity contribution in [3.05, 3.63) is 72.6 Å². The van der Waals surface area contributed by atoms with Crippen molar-refractivity contribution in [3.63, 3.8) is 0 Å². The summed E-state index contributed by atoms with van der Waals surface area (Å²) in [5.41, 5.74) is 6.00. The summed E-state index contributed by atoms with van der Waals surface area (Å²) >= 11 is 0. The summed E-state index contributed by atoms with van der Waals surface area (Å²) in [6.45, 7) is 11.4. The highest BCUT2D eigenvalue weighted by Gasteiger charge is 2.20. The highest BCUT2D eigenvalue weighted by molar-refractivity contribution is 6.76. The van der Waals surface area contributed by atoms with E-state index in [1.165, 1.54) is 14.2 Å². The molecule has 50 heavy (non-hydrogen) atoms. The van der Waals surface area contributed by atoms with Crippen molar-refractivity contribution in [1.82, 2.24) is 39.5 Å². The molecule has 4 heterocycles. The van der Waals surface area contributed by atoms with E-state index < -0.39 is 20.0 Å². The molecule has 2 N–H and O–H groups in total. The molecule has 0 aliphatic carbocycles. The number of nitrogens with one attached hydrogen (secondary N) is 1. The molecule has 0 saturated heterocycles. The second-order valence-electron chi connectivity index (χ2n) is 13.0. The van der Waals surface area contributed by atoms with Crippen LogP contribution in [0.15, 0.2) is 61.2 Å². The fourth-order valence-electron chi connectivity index (χ4n) is 5.28. The maximum Gasteiger partial charge on any atom is 0.359 e. The van der Waals surface area contributed by atoms with Crippen molar-refractivity contribution in [2.45, 2.75) is 58.9 Å². The lowest BCUT2D eigenvalue weighted by atomic mass is 10.1. The number of aryl methyl sites for hydroxylation is 1. The number of H-pyrrole nitrogens is 1. The Hall–Kier alpha value is -5.12. The Labute approximate surface area is 291 Å². The van der Waals surface area contributed by atoms with Crippen LogP contribution in [0.2, 0.25) is 25.7 Å². The molecule has 264 valence electrons. The Morgan fingerprint density at radius 3 is 2.08 bits per heavy atom. The first-order chi connectivity index (χ1) is 24.0. The van der Waals surface area contributed by atoms with E-state index >= 15 is 0 Å². The molecule has 4 aromatic heterocycles. The van der Waals surface area contributed by atoms with Crippen LogP contribution >= 0.6 is 0 Å². The van der Waals surface area contributed by atoms with Gasteiger partial charge in [0.05, 0.1) is 50.8 Å². The molecule has 0 saturated carbocycles. The molecular weight excluding hydrogens is 657 g/mol. The third-order valence-electron chi connectivity index (χ3n) is 8.00. The first-order valence-corrected chi connectivity index (χ1v) is 20.2. The predicted octanol–water partition coefficient (Wildman–Crippen LogP) is 5.61. The number of aromatic amines is 1. The zero-order valence-corrected chi connectivity index (χ0v) is 30.3. The van der Waals surface area contributed by atoms with Crippen molar-refractivity contribution >= 4 is 41.8 Å². The van der Waals surface area contributed by atoms with Gasteiger partial charge in [0.1, 0.15) is 6.73 Å². The van der Waals surface area contributed by atoms with Crippen molar-refractivity contribution in [2.75, 3.05) is 27.4 Å². The number of methoxy groups -OCH3 is 2. The van der Waals surface area contributed by atoms with Crippen molar-refractivity contribution in [2.24, 2.45) is 0 Å². The molecular formula is C35H44N8O6Si. The minimum absolute atomic E-state index is 0.0361. The van der Waals surface area contributed by atoms with E-state index in [0.29, 0.717) is 31.0 Å². The summed E-state index contributed by atoms with van der Waals surface area (Å²) < 4.78 is 20.8. The maximum absolute atomic E-state index is 12.3. The van der Waals surface area contributed by atoms with E-state index in [9.17, 15) is 9.59 Å². The van der Waals surface area contributed by atoms with Gasteiger partial charge in [-0.25, -0.2) is 14.3 Å². The summed E-state index contributed by atoms with van der Waals surface area (Å²) in [5, 5.41) is 30.2. The number of rotatable bonds is 13. The second-order valence-corrected chi connectivity index (χ2v) is 18.6. The predicted molar refractivity (Wildman–Crippen MR) is 192 cm³/mol. The Balaban J connectivity index is 0.000000204. The number of hydrogen-bond donors (Lipinski definition) is 2. The number of esters is 2. The Bertz CT molecular complexity index is 2070. The molecule has 0 bridgehead atoms. The minimum atomic E-state index is -1.15. The van der Waals surface area contributed by atoms with Crippen molar-refractivity contribution < 1.29 is 28.9 Å². The number of fused-ring (bicyclic) bond motifs is 2. The average Bonchev–Trinajstić information content (AvgIpc) is 3.92. The first-order valence-electron chi connectivity index (χ1n) is 16.4. The smallest absolute Gasteiger partial charge is 0.359 e. The third kappa shape index (κ3) is 8.53. The lowest BCUT2D eigenvalue weighted by Crippen LogP contribution is -2.22. The number of aromatic nitrogens is 8. The van der Waals surface area contributed by atoms with Crippen LogP contribution in [-0.2, 0) is 34.0 Å². The average molecular weight is 701 g/mol. The highest BCUT2D eigenvalue weighted by atomic mass is 28.3. The number of aliphatic hydroxyl groups excluding tert-OH is 1. The van der Waals surface area contributed by atoms with Crippen LogP contribution < -0.4 is 0 Å². The SMILES string of the molecule is CCCn1cc(-c2ccc3c(c2)c(C(=O)OC)nn3COCC[Si](C)(C)C)cn1.COC(=O)c1n[nH]c2ccc(-c3cnn(CCO)c3)cc12. The molecule has 0 radical (unpaired) electrons. The van der Waals surface area contributed by atoms with Crippen molar-refractivity contribution in [1.29, 1.82) is 0 Å². The Morgan fingerprint density at radius 2 is 1.46 bits per heavy atom. The van der Waals surface area contributed by atoms with Gasteiger partial charge >= 0.3 is 11.9 Å². The second kappa shape index (κ2) is 16.1. The fourth-order valence-corrected chi connectivity index (χ4v) is 6.04. The maximum atomic E-state index is 12.3. The molecule has 2 aromatic carbocycles. The van der Waals surface area contributed by atoms with Crippen LogP contribution in [0.5, 0.6) is 0 Å². The van der Waals surface area contributed by atoms with Crippen LogP contribution in [0.1, 0.15) is 34.3 Å². The fraction of sp³-hybridized carbons (Fsp3) is 0.371. The van der Waals surface area contributed by atoms with E-state index in [4.69, 9.17) is 19.3 Å². The zero-order chi connectivity index (χ0) is 35.8. The van der Waals surface area contributed by atoms with Crippen molar-refractivity contribution in [3.8, 4) is 22.3 Å². The van der Waals surface area contributed by atoms with E-state index in [-0.39, 0.29) is 12.3 Å². The van der Waals surface area contributed by atoms with Gasteiger partial charge < -0.3 is 19.3 Å². The lowest BCUT2D eigenvalue weighted by Gasteiger charge is -2.15. The third-order valence-corrected chi connectivity index (χ3v) is 9.70. The molecule has 0 fully saturated rings. The molecule has 0 amide bonds. The van der Waals surface area contributed by atoms with Gasteiger partial charge in [-0.3, -0.25) is 14.5 Å². The number of hydrogen-bond acceptors (Lipinski definition) is 10. The molecule has 14 nitrogen and oxygen atoms in total. The van der Waals surface area contributed by atoms with Gasteiger partial charge in [-0.2, -0.15) is 20.4 Å². The van der Waals surface area contributed by atoms with Gasteiger partial charge in [-0.05, 0) is 47.9 Å². The lowest BCUT2D eigenvalue weighted by molar-refractivity contribution is 0.0580. The number of carbonyl (C=O) groups excluding carboxylic acids is 2. The van der Waals surface area contributed by atoms with Crippen LogP contribution in [0.4, 0.5) is 0 Å². The van der Waals surface area contributed by atoms with Crippen LogP contribution in [0, 0.1) is 0 Å². The van der Waals surface area contributed by atoms with Gasteiger partial charge in [-0.15, -0.1) is 0 Å². The molecule has 6 aromatic rings. The number of aliphatic hydroxyl groups is 1. The Morgan fingerprint density at radius 1 is 0.840 bits per heavy atom. The quantitative estimate of drug-likeness (QED) is 0.0879. The van der Waals surface area contributed by atoms with Gasteiger partial charge in [0, 0.05) is 55.5 Å². The number of benzene rings is 2. The molecule has 0 unspecified atom stereocenters. The highest BCUT2D eigenvalue weighted by Crippen LogP contribution is 2.28. The first kappa shape index (κ1) is 36.2. The monoisotopic (exact) mass is 700 g/mol. The van der Waals surface area contributed by atoms with Crippen LogP contribution in [-0.4, -0.2) is 92.1 Å². The zero-order valence-electron chi connectivity index (χ0n) is 29.3. The molecule has 0 spiro atoms. The summed E-state index contributed by atoms with van der Waals surface area (Å²) in [7, 11) is 1.54. The Kier molecular flexibility index (Phi) is 11.6. The summed E-state index contributed by atoms with van der Waals surface area (Å²) in [4.78, 5) is 24.0. The number of ether oxygens (including phenoxy) is 3. The summed E-state index contributed by atoms with van der Waals surface area (Å²) in [6, 6.07) is 12.7. The van der Waals surface area contributed by atoms with E-state index in [2.05, 4.69) is 52.1 Å². The van der Waals surface area contributed by atoms with Gasteiger partial charge in [0.25, 0.3) is 0 Å². The molecule has 0 atom stereocenters. The van der Waals surface area contributed by atoms with Crippen LogP contribution in [0.25, 0.3) is 44.1 Å². The molecule has 15 heteroatoms. The van der Waals surface area contributed by atoms with E-state index in [0.717, 1.165) is 57.7 Å². The molecule has 6 rings (SSSR count). The number of carbonyl (C=O) groups is 2. The summed E-state index contributed by atoms with van der Waals surface area (Å²) in [5.74, 6) is -0.927. The van der Waals surface area contributed by atoms with E-state index in [1.807, 2.05) is 59.7 Å². The standard InChI is InChI=1S/C21H30N4O3Si.C14H14N4O3/c1-6-9-24-14-17(13-22-24)16-7-8-19-18(12-16)20(21(26)27-2)23-25(19)15-28-10-11-29(3,4)5;1-21-14(20)13-11-6-9(2-3-12(11)16-17-13)10-7-15-18(8-10)4-5-19/h7-8,12-14H,6,9-11,15H2,1-5H3;2-3,6-8,19H,4-5H2,1H3,(H,16,17). The largest absolute Gasteiger partial charge is 0.464 e. The molecule has 0 aliphatic rings. The van der Waals surface area contributed by atoms with Gasteiger partial charge in [0.2, 0.25) is 0 Å².